The molecule has 1 atom stereocenters. The van der Waals surface area contributed by atoms with Crippen molar-refractivity contribution in [2.75, 3.05) is 6.54 Å². The molecule has 212 valence electrons. The van der Waals surface area contributed by atoms with E-state index in [2.05, 4.69) is 80.8 Å². The first-order chi connectivity index (χ1) is 20.3. The lowest BCUT2D eigenvalue weighted by molar-refractivity contribution is 0.163. The van der Waals surface area contributed by atoms with Gasteiger partial charge in [-0.3, -0.25) is 14.9 Å². The van der Waals surface area contributed by atoms with Crippen LogP contribution in [0.2, 0.25) is 0 Å². The molecule has 0 spiro atoms. The molecule has 0 aliphatic heterocycles. The first-order valence-electron chi connectivity index (χ1n) is 15.1. The third-order valence-corrected chi connectivity index (χ3v) is 7.67. The van der Waals surface area contributed by atoms with Gasteiger partial charge in [0, 0.05) is 38.4 Å². The summed E-state index contributed by atoms with van der Waals surface area (Å²) >= 11 is 0. The van der Waals surface area contributed by atoms with Crippen LogP contribution in [0.1, 0.15) is 73.1 Å². The van der Waals surface area contributed by atoms with Crippen LogP contribution in [0.15, 0.2) is 91.3 Å². The van der Waals surface area contributed by atoms with Crippen molar-refractivity contribution in [1.82, 2.24) is 30.2 Å². The van der Waals surface area contributed by atoms with Gasteiger partial charge >= 0.3 is 0 Å². The van der Waals surface area contributed by atoms with Gasteiger partial charge in [-0.1, -0.05) is 62.4 Å². The minimum absolute atomic E-state index is 0.352. The lowest BCUT2D eigenvalue weighted by Gasteiger charge is -2.35. The quantitative estimate of drug-likeness (QED) is 0.184. The number of hydrogen-bond acceptors (Lipinski definition) is 5. The Hall–Kier alpha value is -3.87. The van der Waals surface area contributed by atoms with Crippen molar-refractivity contribution in [3.63, 3.8) is 0 Å². The van der Waals surface area contributed by atoms with Gasteiger partial charge in [0.2, 0.25) is 0 Å². The Labute approximate surface area is 244 Å². The van der Waals surface area contributed by atoms with Gasteiger partial charge in [0.25, 0.3) is 0 Å². The summed E-state index contributed by atoms with van der Waals surface area (Å²) in [5.41, 5.74) is 8.53. The molecular formula is C35H42N6. The predicted molar refractivity (Wildman–Crippen MR) is 167 cm³/mol. The van der Waals surface area contributed by atoms with Crippen molar-refractivity contribution < 1.29 is 0 Å². The number of aryl methyl sites for hydroxylation is 2. The molecule has 2 N–H and O–H groups in total. The highest BCUT2D eigenvalue weighted by molar-refractivity contribution is 5.74. The molecule has 6 nitrogen and oxygen atoms in total. The molecule has 0 bridgehead atoms. The number of aromatic nitrogens is 4. The summed E-state index contributed by atoms with van der Waals surface area (Å²) in [6.07, 6.45) is 9.29. The fourth-order valence-corrected chi connectivity index (χ4v) is 5.69. The van der Waals surface area contributed by atoms with E-state index in [1.54, 1.807) is 0 Å². The van der Waals surface area contributed by atoms with Gasteiger partial charge in [-0.15, -0.1) is 0 Å². The summed E-state index contributed by atoms with van der Waals surface area (Å²) in [4.78, 5) is 20.2. The Morgan fingerprint density at radius 2 is 1.66 bits per heavy atom. The second kappa shape index (κ2) is 14.7. The number of para-hydroxylation sites is 2. The van der Waals surface area contributed by atoms with Crippen molar-refractivity contribution in [3.8, 4) is 0 Å². The highest BCUT2D eigenvalue weighted by Gasteiger charge is 2.27. The lowest BCUT2D eigenvalue weighted by Crippen LogP contribution is -2.33. The second-order valence-electron chi connectivity index (χ2n) is 10.5. The molecule has 6 heteroatoms. The Morgan fingerprint density at radius 3 is 2.49 bits per heavy atom. The predicted octanol–water partition coefficient (Wildman–Crippen LogP) is 7.18. The summed E-state index contributed by atoms with van der Waals surface area (Å²) in [6.45, 7) is 7.53. The molecule has 41 heavy (non-hydrogen) atoms. The van der Waals surface area contributed by atoms with Gasteiger partial charge in [-0.25, -0.2) is 4.98 Å². The van der Waals surface area contributed by atoms with Crippen molar-refractivity contribution >= 4 is 11.0 Å². The number of rotatable bonds is 11. The summed E-state index contributed by atoms with van der Waals surface area (Å²) in [7, 11) is 0. The van der Waals surface area contributed by atoms with Crippen molar-refractivity contribution in [2.24, 2.45) is 0 Å². The van der Waals surface area contributed by atoms with E-state index in [4.69, 9.17) is 9.97 Å². The topological polar surface area (TPSA) is 69.7 Å². The van der Waals surface area contributed by atoms with Crippen molar-refractivity contribution in [1.29, 1.82) is 0 Å². The maximum atomic E-state index is 4.86. The Kier molecular flexibility index (Phi) is 10.3. The standard InChI is InChI=1S/C33H36N6.C2H6/c1-2-12-30-29(11-1)37-32(38-30)14-7-21-39(31-13-5-8-27-9-6-20-36-33(27)31)24-26-17-15-25(16-18-26)22-34-23-28-10-3-4-19-35-28;1-2/h1-4,6,9-12,15-20,31,34H,5,7-8,13-14,21-24H2,(H,37,38);1-2H3. The minimum Gasteiger partial charge on any atom is -0.342 e. The number of nitrogens with zero attached hydrogens (tertiary/aromatic N) is 4. The monoisotopic (exact) mass is 546 g/mol. The molecular weight excluding hydrogens is 504 g/mol. The maximum absolute atomic E-state index is 4.86. The fraction of sp³-hybridized carbons (Fsp3) is 0.343. The molecule has 2 aromatic carbocycles. The normalized spacial score (nSPS) is 14.5. The first-order valence-corrected chi connectivity index (χ1v) is 15.1. The molecule has 3 aromatic heterocycles. The molecule has 1 aliphatic carbocycles. The maximum Gasteiger partial charge on any atom is 0.107 e. The van der Waals surface area contributed by atoms with E-state index >= 15 is 0 Å². The summed E-state index contributed by atoms with van der Waals surface area (Å²) < 4.78 is 0. The van der Waals surface area contributed by atoms with Crippen LogP contribution in [0.4, 0.5) is 0 Å². The highest BCUT2D eigenvalue weighted by Crippen LogP contribution is 2.34. The molecule has 0 amide bonds. The zero-order chi connectivity index (χ0) is 28.3. The van der Waals surface area contributed by atoms with Crippen LogP contribution >= 0.6 is 0 Å². The second-order valence-corrected chi connectivity index (χ2v) is 10.5. The number of nitrogens with one attached hydrogen (secondary N) is 2. The lowest BCUT2D eigenvalue weighted by atomic mass is 9.90. The third-order valence-electron chi connectivity index (χ3n) is 7.67. The molecule has 0 radical (unpaired) electrons. The summed E-state index contributed by atoms with van der Waals surface area (Å²) in [5, 5.41) is 3.50. The van der Waals surface area contributed by atoms with Crippen LogP contribution in [-0.4, -0.2) is 31.4 Å². The Bertz CT molecular complexity index is 1440. The number of pyridine rings is 2. The SMILES string of the molecule is CC.c1ccc(CNCc2ccc(CN(CCCc3nc4ccccc4[nH]3)C3CCCc4cccnc43)cc2)nc1. The number of fused-ring (bicyclic) bond motifs is 2. The summed E-state index contributed by atoms with van der Waals surface area (Å²) in [5.74, 6) is 1.07. The largest absolute Gasteiger partial charge is 0.342 e. The number of benzene rings is 2. The van der Waals surface area contributed by atoms with E-state index in [-0.39, 0.29) is 0 Å². The third kappa shape index (κ3) is 7.66. The highest BCUT2D eigenvalue weighted by atomic mass is 15.2. The van der Waals surface area contributed by atoms with Crippen molar-refractivity contribution in [2.45, 2.75) is 71.6 Å². The number of imidazole rings is 1. The van der Waals surface area contributed by atoms with Crippen LogP contribution in [0.3, 0.4) is 0 Å². The van der Waals surface area contributed by atoms with E-state index in [0.29, 0.717) is 6.04 Å². The van der Waals surface area contributed by atoms with E-state index < -0.39 is 0 Å². The van der Waals surface area contributed by atoms with E-state index in [1.165, 1.54) is 28.8 Å². The van der Waals surface area contributed by atoms with Gasteiger partial charge in [0.15, 0.2) is 0 Å². The Balaban J connectivity index is 0.00000165. The first kappa shape index (κ1) is 28.7. The zero-order valence-electron chi connectivity index (χ0n) is 24.4. The van der Waals surface area contributed by atoms with E-state index in [9.17, 15) is 0 Å². The molecule has 3 heterocycles. The minimum atomic E-state index is 0.352. The molecule has 1 aliphatic rings. The Morgan fingerprint density at radius 1 is 0.854 bits per heavy atom. The van der Waals surface area contributed by atoms with E-state index in [1.807, 2.05) is 44.4 Å². The number of aromatic amines is 1. The van der Waals surface area contributed by atoms with Gasteiger partial charge in [0.05, 0.1) is 28.5 Å². The van der Waals surface area contributed by atoms with Crippen LogP contribution in [-0.2, 0) is 32.5 Å². The van der Waals surface area contributed by atoms with Crippen molar-refractivity contribution in [3.05, 3.63) is 125 Å². The van der Waals surface area contributed by atoms with Gasteiger partial charge in [0.1, 0.15) is 5.82 Å². The van der Waals surface area contributed by atoms with Crippen LogP contribution in [0, 0.1) is 0 Å². The zero-order valence-corrected chi connectivity index (χ0v) is 24.4. The smallest absolute Gasteiger partial charge is 0.107 e. The molecule has 5 aromatic rings. The molecule has 0 saturated carbocycles. The van der Waals surface area contributed by atoms with Gasteiger partial charge in [-0.05, 0) is 79.3 Å². The molecule has 6 rings (SSSR count). The molecule has 0 saturated heterocycles. The number of H-pyrrole nitrogens is 1. The average molecular weight is 547 g/mol. The van der Waals surface area contributed by atoms with Gasteiger partial charge in [-0.2, -0.15) is 0 Å². The fourth-order valence-electron chi connectivity index (χ4n) is 5.69. The van der Waals surface area contributed by atoms with Gasteiger partial charge < -0.3 is 10.3 Å². The van der Waals surface area contributed by atoms with Crippen LogP contribution < -0.4 is 5.32 Å². The van der Waals surface area contributed by atoms with Crippen LogP contribution in [0.25, 0.3) is 11.0 Å². The number of hydrogen-bond donors (Lipinski definition) is 2. The van der Waals surface area contributed by atoms with E-state index in [0.717, 1.165) is 74.4 Å². The van der Waals surface area contributed by atoms with Crippen LogP contribution in [0.5, 0.6) is 0 Å². The summed E-state index contributed by atoms with van der Waals surface area (Å²) in [6, 6.07) is 28.1. The molecule has 1 unspecified atom stereocenters. The average Bonchev–Trinajstić information content (AvgIpc) is 3.46. The molecule has 0 fully saturated rings.